The lowest BCUT2D eigenvalue weighted by molar-refractivity contribution is -0.128. The number of anilines is 1. The Morgan fingerprint density at radius 1 is 1.53 bits per heavy atom. The first-order valence-electron chi connectivity index (χ1n) is 6.36. The Balaban J connectivity index is 2.02. The van der Waals surface area contributed by atoms with Gasteiger partial charge in [-0.3, -0.25) is 9.59 Å². The molecule has 1 aromatic carbocycles. The molecule has 1 fully saturated rings. The predicted octanol–water partition coefficient (Wildman–Crippen LogP) is 2.46. The van der Waals surface area contributed by atoms with Gasteiger partial charge in [-0.15, -0.1) is 0 Å². The molecule has 0 aromatic heterocycles. The van der Waals surface area contributed by atoms with E-state index in [9.17, 15) is 9.59 Å². The summed E-state index contributed by atoms with van der Waals surface area (Å²) in [5.74, 6) is -0.346. The van der Waals surface area contributed by atoms with Crippen LogP contribution >= 0.6 is 11.6 Å². The summed E-state index contributed by atoms with van der Waals surface area (Å²) in [7, 11) is 0. The van der Waals surface area contributed by atoms with Gasteiger partial charge in [0.1, 0.15) is 0 Å². The van der Waals surface area contributed by atoms with E-state index in [1.807, 2.05) is 26.0 Å². The number of carbonyl (C=O) groups excluding carboxylic acids is 2. The maximum absolute atomic E-state index is 12.1. The van der Waals surface area contributed by atoms with Crippen molar-refractivity contribution in [2.75, 3.05) is 18.4 Å². The summed E-state index contributed by atoms with van der Waals surface area (Å²) in [6.45, 7) is 4.97. The molecule has 1 heterocycles. The number of benzene rings is 1. The van der Waals surface area contributed by atoms with E-state index in [0.717, 1.165) is 5.56 Å². The van der Waals surface area contributed by atoms with E-state index in [1.54, 1.807) is 11.0 Å². The van der Waals surface area contributed by atoms with Gasteiger partial charge in [0.05, 0.1) is 5.92 Å². The Hall–Kier alpha value is -1.55. The van der Waals surface area contributed by atoms with E-state index in [1.165, 1.54) is 0 Å². The van der Waals surface area contributed by atoms with Crippen LogP contribution < -0.4 is 5.32 Å². The lowest BCUT2D eigenvalue weighted by Crippen LogP contribution is -2.28. The van der Waals surface area contributed by atoms with Gasteiger partial charge in [0.2, 0.25) is 11.8 Å². The Morgan fingerprint density at radius 2 is 2.26 bits per heavy atom. The number of hydrogen-bond donors (Lipinski definition) is 1. The molecule has 1 aliphatic heterocycles. The first-order valence-corrected chi connectivity index (χ1v) is 6.74. The van der Waals surface area contributed by atoms with Gasteiger partial charge in [-0.05, 0) is 31.5 Å². The summed E-state index contributed by atoms with van der Waals surface area (Å²) >= 11 is 6.01. The molecule has 0 bridgehead atoms. The molecule has 1 N–H and O–H groups in total. The normalized spacial score (nSPS) is 18.8. The molecule has 0 saturated carbocycles. The monoisotopic (exact) mass is 280 g/mol. The topological polar surface area (TPSA) is 49.4 Å². The van der Waals surface area contributed by atoms with Crippen LogP contribution in [-0.2, 0) is 9.59 Å². The van der Waals surface area contributed by atoms with Crippen molar-refractivity contribution in [3.05, 3.63) is 28.8 Å². The summed E-state index contributed by atoms with van der Waals surface area (Å²) in [6, 6.07) is 5.40. The second-order valence-electron chi connectivity index (χ2n) is 4.79. The zero-order chi connectivity index (χ0) is 14.0. The van der Waals surface area contributed by atoms with Crippen molar-refractivity contribution in [3.63, 3.8) is 0 Å². The molecule has 102 valence electrons. The van der Waals surface area contributed by atoms with Crippen LogP contribution in [0.3, 0.4) is 0 Å². The summed E-state index contributed by atoms with van der Waals surface area (Å²) in [6.07, 6.45) is 0.291. The van der Waals surface area contributed by atoms with Crippen LogP contribution in [0.2, 0.25) is 5.02 Å². The molecule has 1 atom stereocenters. The Morgan fingerprint density at radius 3 is 2.84 bits per heavy atom. The van der Waals surface area contributed by atoms with Gasteiger partial charge in [-0.25, -0.2) is 0 Å². The minimum absolute atomic E-state index is 0.0459. The molecule has 0 radical (unpaired) electrons. The van der Waals surface area contributed by atoms with Crippen molar-refractivity contribution in [3.8, 4) is 0 Å². The number of likely N-dealkylation sites (tertiary alicyclic amines) is 1. The zero-order valence-electron chi connectivity index (χ0n) is 11.1. The first-order chi connectivity index (χ1) is 9.01. The van der Waals surface area contributed by atoms with Gasteiger partial charge < -0.3 is 10.2 Å². The predicted molar refractivity (Wildman–Crippen MR) is 75.2 cm³/mol. The van der Waals surface area contributed by atoms with Crippen LogP contribution in [0.4, 0.5) is 5.69 Å². The van der Waals surface area contributed by atoms with Crippen molar-refractivity contribution in [2.45, 2.75) is 20.3 Å². The lowest BCUT2D eigenvalue weighted by Gasteiger charge is -2.14. The fraction of sp³-hybridized carbons (Fsp3) is 0.429. The number of hydrogen-bond acceptors (Lipinski definition) is 2. The van der Waals surface area contributed by atoms with Crippen LogP contribution in [0.15, 0.2) is 18.2 Å². The Bertz CT molecular complexity index is 516. The number of carbonyl (C=O) groups is 2. The van der Waals surface area contributed by atoms with Gasteiger partial charge in [-0.1, -0.05) is 17.7 Å². The number of halogens is 1. The highest BCUT2D eigenvalue weighted by Crippen LogP contribution is 2.23. The highest BCUT2D eigenvalue weighted by molar-refractivity contribution is 6.31. The third-order valence-electron chi connectivity index (χ3n) is 3.41. The van der Waals surface area contributed by atoms with Crippen LogP contribution in [0.5, 0.6) is 0 Å². The Kier molecular flexibility index (Phi) is 4.10. The maximum atomic E-state index is 12.1. The molecule has 0 spiro atoms. The number of nitrogens with one attached hydrogen (secondary N) is 1. The highest BCUT2D eigenvalue weighted by atomic mass is 35.5. The molecular formula is C14H17ClN2O2. The maximum Gasteiger partial charge on any atom is 0.229 e. The van der Waals surface area contributed by atoms with E-state index in [0.29, 0.717) is 30.2 Å². The van der Waals surface area contributed by atoms with Crippen LogP contribution in [0.1, 0.15) is 18.9 Å². The molecule has 5 heteroatoms. The second-order valence-corrected chi connectivity index (χ2v) is 5.19. The molecule has 1 saturated heterocycles. The number of aryl methyl sites for hydroxylation is 1. The van der Waals surface area contributed by atoms with E-state index in [2.05, 4.69) is 5.32 Å². The van der Waals surface area contributed by atoms with Gasteiger partial charge in [0.15, 0.2) is 0 Å². The van der Waals surface area contributed by atoms with Crippen LogP contribution in [-0.4, -0.2) is 29.8 Å². The van der Waals surface area contributed by atoms with Crippen LogP contribution in [0.25, 0.3) is 0 Å². The average molecular weight is 281 g/mol. The lowest BCUT2D eigenvalue weighted by atomic mass is 10.1. The van der Waals surface area contributed by atoms with Gasteiger partial charge in [-0.2, -0.15) is 0 Å². The third kappa shape index (κ3) is 3.07. The quantitative estimate of drug-likeness (QED) is 0.925. The number of rotatable bonds is 3. The fourth-order valence-electron chi connectivity index (χ4n) is 2.17. The first kappa shape index (κ1) is 13.9. The molecule has 19 heavy (non-hydrogen) atoms. The molecule has 4 nitrogen and oxygen atoms in total. The molecule has 1 aromatic rings. The van der Waals surface area contributed by atoms with Crippen molar-refractivity contribution in [1.29, 1.82) is 0 Å². The van der Waals surface area contributed by atoms with E-state index < -0.39 is 0 Å². The van der Waals surface area contributed by atoms with E-state index in [-0.39, 0.29) is 17.7 Å². The van der Waals surface area contributed by atoms with Crippen molar-refractivity contribution in [1.82, 2.24) is 4.90 Å². The van der Waals surface area contributed by atoms with Crippen molar-refractivity contribution >= 4 is 29.1 Å². The zero-order valence-corrected chi connectivity index (χ0v) is 11.8. The average Bonchev–Trinajstić information content (AvgIpc) is 2.75. The van der Waals surface area contributed by atoms with Crippen molar-refractivity contribution < 1.29 is 9.59 Å². The van der Waals surface area contributed by atoms with Gasteiger partial charge in [0, 0.05) is 30.2 Å². The van der Waals surface area contributed by atoms with E-state index in [4.69, 9.17) is 11.6 Å². The van der Waals surface area contributed by atoms with Crippen LogP contribution in [0, 0.1) is 12.8 Å². The summed E-state index contributed by atoms with van der Waals surface area (Å²) in [5.41, 5.74) is 1.64. The van der Waals surface area contributed by atoms with Gasteiger partial charge >= 0.3 is 0 Å². The third-order valence-corrected chi connectivity index (χ3v) is 3.81. The van der Waals surface area contributed by atoms with E-state index >= 15 is 0 Å². The molecule has 1 aliphatic rings. The summed E-state index contributed by atoms with van der Waals surface area (Å²) in [5, 5.41) is 3.44. The SMILES string of the molecule is CCN1C[C@@H](C(=O)Nc2ccc(C)c(Cl)c2)CC1=O. The number of nitrogens with zero attached hydrogens (tertiary/aromatic N) is 1. The summed E-state index contributed by atoms with van der Waals surface area (Å²) < 4.78 is 0. The second kappa shape index (κ2) is 5.61. The fourth-order valence-corrected chi connectivity index (χ4v) is 2.35. The Labute approximate surface area is 117 Å². The van der Waals surface area contributed by atoms with Gasteiger partial charge in [0.25, 0.3) is 0 Å². The molecular weight excluding hydrogens is 264 g/mol. The minimum atomic E-state index is -0.271. The molecule has 2 amide bonds. The minimum Gasteiger partial charge on any atom is -0.342 e. The standard InChI is InChI=1S/C14H17ClN2O2/c1-3-17-8-10(6-13(17)18)14(19)16-11-5-4-9(2)12(15)7-11/h4-5,7,10H,3,6,8H2,1-2H3,(H,16,19)/t10-/m0/s1. The van der Waals surface area contributed by atoms with Crippen molar-refractivity contribution in [2.24, 2.45) is 5.92 Å². The smallest absolute Gasteiger partial charge is 0.229 e. The number of amides is 2. The molecule has 0 unspecified atom stereocenters. The highest BCUT2D eigenvalue weighted by Gasteiger charge is 2.33. The summed E-state index contributed by atoms with van der Waals surface area (Å²) in [4.78, 5) is 25.4. The molecule has 2 rings (SSSR count). The molecule has 0 aliphatic carbocycles. The largest absolute Gasteiger partial charge is 0.342 e.